The number of phenolic OH excluding ortho intramolecular Hbond substituents is 1. The third-order valence-corrected chi connectivity index (χ3v) is 3.90. The molecule has 1 unspecified atom stereocenters. The van der Waals surface area contributed by atoms with Crippen LogP contribution in [0, 0.1) is 0 Å². The molecule has 1 atom stereocenters. The number of hydrogen-bond donors (Lipinski definition) is 4. The van der Waals surface area contributed by atoms with Crippen molar-refractivity contribution in [1.29, 1.82) is 0 Å². The van der Waals surface area contributed by atoms with Gasteiger partial charge in [0.1, 0.15) is 17.4 Å². The molecular weight excluding hydrogens is 312 g/mol. The molecule has 8 heteroatoms. The van der Waals surface area contributed by atoms with E-state index in [1.165, 1.54) is 19.2 Å². The zero-order valence-corrected chi connectivity index (χ0v) is 13.1. The highest BCUT2D eigenvalue weighted by Crippen LogP contribution is 2.43. The Morgan fingerprint density at radius 3 is 2.83 bits per heavy atom. The van der Waals surface area contributed by atoms with Gasteiger partial charge in [-0.2, -0.15) is 4.98 Å². The van der Waals surface area contributed by atoms with E-state index in [-0.39, 0.29) is 17.4 Å². The van der Waals surface area contributed by atoms with Gasteiger partial charge >= 0.3 is 11.7 Å². The van der Waals surface area contributed by atoms with Crippen LogP contribution in [0.3, 0.4) is 0 Å². The molecule has 0 fully saturated rings. The highest BCUT2D eigenvalue weighted by Gasteiger charge is 2.35. The maximum atomic E-state index is 12.3. The third-order valence-electron chi connectivity index (χ3n) is 3.90. The van der Waals surface area contributed by atoms with Crippen LogP contribution in [-0.4, -0.2) is 28.2 Å². The molecule has 0 saturated carbocycles. The molecule has 2 heterocycles. The number of aromatic nitrogens is 2. The van der Waals surface area contributed by atoms with Gasteiger partial charge in [-0.25, -0.2) is 9.59 Å². The largest absolute Gasteiger partial charge is 0.508 e. The summed E-state index contributed by atoms with van der Waals surface area (Å²) in [6, 6.07) is 6.46. The molecule has 0 amide bonds. The number of H-pyrrole nitrogens is 1. The van der Waals surface area contributed by atoms with Crippen molar-refractivity contribution < 1.29 is 14.6 Å². The van der Waals surface area contributed by atoms with Crippen molar-refractivity contribution >= 4 is 17.6 Å². The number of nitrogens with two attached hydrogens (primary N) is 1. The molecule has 1 aromatic carbocycles. The summed E-state index contributed by atoms with van der Waals surface area (Å²) in [5, 5.41) is 12.7. The maximum absolute atomic E-state index is 12.3. The molecule has 1 aliphatic heterocycles. The SMILES string of the molecule is COC(=O)C1=C(C)Nc2nc(=O)[nH]c(N)c2C1c1cccc(O)c1. The van der Waals surface area contributed by atoms with Crippen LogP contribution in [0.25, 0.3) is 0 Å². The summed E-state index contributed by atoms with van der Waals surface area (Å²) in [6.07, 6.45) is 0. The summed E-state index contributed by atoms with van der Waals surface area (Å²) in [5.74, 6) is -0.755. The number of carbonyl (C=O) groups is 1. The number of nitrogen functional groups attached to an aromatic ring is 1. The van der Waals surface area contributed by atoms with E-state index in [1.54, 1.807) is 19.1 Å². The molecule has 24 heavy (non-hydrogen) atoms. The number of esters is 1. The minimum atomic E-state index is -0.634. The van der Waals surface area contributed by atoms with Crippen molar-refractivity contribution in [2.45, 2.75) is 12.8 Å². The number of anilines is 2. The number of aromatic amines is 1. The average molecular weight is 328 g/mol. The molecule has 2 aromatic rings. The van der Waals surface area contributed by atoms with Gasteiger partial charge in [0.05, 0.1) is 18.6 Å². The van der Waals surface area contributed by atoms with Crippen LogP contribution < -0.4 is 16.7 Å². The quantitative estimate of drug-likeness (QED) is 0.606. The van der Waals surface area contributed by atoms with Gasteiger partial charge in [0.2, 0.25) is 0 Å². The minimum Gasteiger partial charge on any atom is -0.508 e. The van der Waals surface area contributed by atoms with Crippen molar-refractivity contribution in [2.75, 3.05) is 18.2 Å². The maximum Gasteiger partial charge on any atom is 0.348 e. The van der Waals surface area contributed by atoms with Crippen LogP contribution in [0.1, 0.15) is 24.0 Å². The number of benzene rings is 1. The fourth-order valence-electron chi connectivity index (χ4n) is 2.91. The number of phenols is 1. The van der Waals surface area contributed by atoms with Gasteiger partial charge < -0.3 is 20.9 Å². The standard InChI is InChI=1S/C16H16N4O4/c1-7-10(15(22)24-2)11(8-4-3-5-9(21)6-8)12-13(17)19-16(23)20-14(12)18-7/h3-6,11,21H,1-2H3,(H4,17,18,19,20,23). The van der Waals surface area contributed by atoms with Gasteiger partial charge in [0, 0.05) is 11.3 Å². The Morgan fingerprint density at radius 1 is 1.42 bits per heavy atom. The van der Waals surface area contributed by atoms with Gasteiger partial charge in [0.15, 0.2) is 0 Å². The molecule has 124 valence electrons. The summed E-state index contributed by atoms with van der Waals surface area (Å²) in [5.41, 5.74) is 7.29. The second-order valence-corrected chi connectivity index (χ2v) is 5.40. The van der Waals surface area contributed by atoms with Crippen LogP contribution in [0.4, 0.5) is 11.6 Å². The Morgan fingerprint density at radius 2 is 2.17 bits per heavy atom. The van der Waals surface area contributed by atoms with E-state index in [9.17, 15) is 14.7 Å². The second kappa shape index (κ2) is 5.73. The van der Waals surface area contributed by atoms with E-state index in [0.717, 1.165) is 0 Å². The Kier molecular flexibility index (Phi) is 3.72. The second-order valence-electron chi connectivity index (χ2n) is 5.40. The van der Waals surface area contributed by atoms with E-state index < -0.39 is 17.6 Å². The van der Waals surface area contributed by atoms with Gasteiger partial charge in [-0.15, -0.1) is 0 Å². The van der Waals surface area contributed by atoms with Crippen molar-refractivity contribution in [3.05, 3.63) is 57.1 Å². The lowest BCUT2D eigenvalue weighted by Gasteiger charge is -2.29. The van der Waals surface area contributed by atoms with Crippen molar-refractivity contribution in [1.82, 2.24) is 9.97 Å². The number of aromatic hydroxyl groups is 1. The van der Waals surface area contributed by atoms with Crippen molar-refractivity contribution in [3.8, 4) is 5.75 Å². The number of fused-ring (bicyclic) bond motifs is 1. The summed E-state index contributed by atoms with van der Waals surface area (Å²) in [7, 11) is 1.28. The highest BCUT2D eigenvalue weighted by molar-refractivity contribution is 5.95. The van der Waals surface area contributed by atoms with Gasteiger partial charge in [-0.05, 0) is 24.6 Å². The molecule has 1 aliphatic rings. The molecule has 8 nitrogen and oxygen atoms in total. The number of hydrogen-bond acceptors (Lipinski definition) is 7. The molecule has 1 aromatic heterocycles. The highest BCUT2D eigenvalue weighted by atomic mass is 16.5. The number of carbonyl (C=O) groups excluding carboxylic acids is 1. The van der Waals surface area contributed by atoms with Crippen LogP contribution in [0.5, 0.6) is 5.75 Å². The van der Waals surface area contributed by atoms with E-state index in [4.69, 9.17) is 10.5 Å². The molecular formula is C16H16N4O4. The first-order valence-electron chi connectivity index (χ1n) is 7.17. The molecule has 0 aliphatic carbocycles. The Hall–Kier alpha value is -3.29. The number of nitrogens with zero attached hydrogens (tertiary/aromatic N) is 1. The summed E-state index contributed by atoms with van der Waals surface area (Å²) in [6.45, 7) is 1.68. The fourth-order valence-corrected chi connectivity index (χ4v) is 2.91. The molecule has 0 saturated heterocycles. The number of rotatable bonds is 2. The predicted octanol–water partition coefficient (Wildman–Crippen LogP) is 1.06. The molecule has 0 radical (unpaired) electrons. The van der Waals surface area contributed by atoms with E-state index in [0.29, 0.717) is 22.4 Å². The Bertz CT molecular complexity index is 917. The summed E-state index contributed by atoms with van der Waals surface area (Å²) < 4.78 is 4.89. The lowest BCUT2D eigenvalue weighted by molar-refractivity contribution is -0.136. The van der Waals surface area contributed by atoms with Crippen LogP contribution in [0.15, 0.2) is 40.3 Å². The fraction of sp³-hybridized carbons (Fsp3) is 0.188. The number of allylic oxidation sites excluding steroid dienone is 1. The van der Waals surface area contributed by atoms with Crippen molar-refractivity contribution in [2.24, 2.45) is 0 Å². The van der Waals surface area contributed by atoms with Crippen LogP contribution in [-0.2, 0) is 9.53 Å². The third kappa shape index (κ3) is 2.47. The molecule has 5 N–H and O–H groups in total. The lowest BCUT2D eigenvalue weighted by atomic mass is 9.82. The normalized spacial score (nSPS) is 16.3. The average Bonchev–Trinajstić information content (AvgIpc) is 2.52. The first kappa shape index (κ1) is 15.6. The number of nitrogens with one attached hydrogen (secondary N) is 2. The van der Waals surface area contributed by atoms with Crippen molar-refractivity contribution in [3.63, 3.8) is 0 Å². The summed E-state index contributed by atoms with van der Waals surface area (Å²) in [4.78, 5) is 30.3. The first-order valence-corrected chi connectivity index (χ1v) is 7.17. The van der Waals surface area contributed by atoms with Gasteiger partial charge in [0.25, 0.3) is 0 Å². The van der Waals surface area contributed by atoms with Crippen LogP contribution >= 0.6 is 0 Å². The van der Waals surface area contributed by atoms with Gasteiger partial charge in [-0.3, -0.25) is 4.98 Å². The summed E-state index contributed by atoms with van der Waals surface area (Å²) >= 11 is 0. The van der Waals surface area contributed by atoms with E-state index in [1.807, 2.05) is 0 Å². The van der Waals surface area contributed by atoms with E-state index in [2.05, 4.69) is 15.3 Å². The zero-order chi connectivity index (χ0) is 17.4. The Labute approximate surface area is 137 Å². The molecule has 0 bridgehead atoms. The molecule has 3 rings (SSSR count). The topological polar surface area (TPSA) is 130 Å². The monoisotopic (exact) mass is 328 g/mol. The van der Waals surface area contributed by atoms with Crippen LogP contribution in [0.2, 0.25) is 0 Å². The smallest absolute Gasteiger partial charge is 0.348 e. The number of ether oxygens (including phenoxy) is 1. The predicted molar refractivity (Wildman–Crippen MR) is 87.6 cm³/mol. The zero-order valence-electron chi connectivity index (χ0n) is 13.1. The van der Waals surface area contributed by atoms with E-state index >= 15 is 0 Å². The molecule has 0 spiro atoms. The van der Waals surface area contributed by atoms with Gasteiger partial charge in [-0.1, -0.05) is 12.1 Å². The lowest BCUT2D eigenvalue weighted by Crippen LogP contribution is -2.28. The minimum absolute atomic E-state index is 0.0467. The number of methoxy groups -OCH3 is 1. The first-order chi connectivity index (χ1) is 11.4. The Balaban J connectivity index is 2.32.